The molecule has 0 aliphatic heterocycles. The third-order valence-corrected chi connectivity index (χ3v) is 5.17. The number of carbonyl (C=O) groups excluding carboxylic acids is 1. The minimum Gasteiger partial charge on any atom is -0.360 e. The molecule has 0 spiro atoms. The van der Waals surface area contributed by atoms with E-state index in [1.165, 1.54) is 6.33 Å². The number of aryl methyl sites for hydroxylation is 1. The van der Waals surface area contributed by atoms with E-state index in [0.29, 0.717) is 28.8 Å². The van der Waals surface area contributed by atoms with Gasteiger partial charge >= 0.3 is 0 Å². The lowest BCUT2D eigenvalue weighted by molar-refractivity contribution is 0.101. The van der Waals surface area contributed by atoms with Crippen molar-refractivity contribution in [2.24, 2.45) is 0 Å². The first kappa shape index (κ1) is 19.7. The Balaban J connectivity index is 1.23. The maximum atomic E-state index is 12.6. The summed E-state index contributed by atoms with van der Waals surface area (Å²) < 4.78 is 5.34. The Hall–Kier alpha value is -4.27. The highest BCUT2D eigenvalue weighted by Gasteiger charge is 2.23. The molecule has 0 bridgehead atoms. The van der Waals surface area contributed by atoms with Gasteiger partial charge in [-0.25, -0.2) is 15.0 Å². The fourth-order valence-corrected chi connectivity index (χ4v) is 3.60. The number of carbonyl (C=O) groups is 1. The highest BCUT2D eigenvalue weighted by Crippen LogP contribution is 2.25. The number of hydrogen-bond acceptors (Lipinski definition) is 8. The molecule has 32 heavy (non-hydrogen) atoms. The molecule has 5 rings (SSSR count). The number of benzene rings is 1. The van der Waals surface area contributed by atoms with Gasteiger partial charge in [-0.05, 0) is 55.7 Å². The van der Waals surface area contributed by atoms with Crippen LogP contribution in [0.2, 0.25) is 0 Å². The number of anilines is 5. The lowest BCUT2D eigenvalue weighted by Gasteiger charge is -2.10. The molecule has 0 unspecified atom stereocenters. The summed E-state index contributed by atoms with van der Waals surface area (Å²) in [4.78, 5) is 25.3. The summed E-state index contributed by atoms with van der Waals surface area (Å²) in [6.45, 7) is 0. The average Bonchev–Trinajstić information content (AvgIpc) is 3.26. The zero-order chi connectivity index (χ0) is 21.8. The summed E-state index contributed by atoms with van der Waals surface area (Å²) in [6.07, 6.45) is 6.99. The molecule has 9 nitrogen and oxygen atoms in total. The van der Waals surface area contributed by atoms with E-state index in [0.717, 1.165) is 42.7 Å². The largest absolute Gasteiger partial charge is 0.360 e. The summed E-state index contributed by atoms with van der Waals surface area (Å²) >= 11 is 0. The van der Waals surface area contributed by atoms with Crippen molar-refractivity contribution in [3.63, 3.8) is 0 Å². The SMILES string of the molecule is O=C(Nc1ccc(Nc2cc(Nc3ccccn3)ncn2)cc1)c1noc2c1CCCC2. The van der Waals surface area contributed by atoms with E-state index in [2.05, 4.69) is 36.1 Å². The van der Waals surface area contributed by atoms with Crippen LogP contribution in [-0.2, 0) is 12.8 Å². The quantitative estimate of drug-likeness (QED) is 0.412. The van der Waals surface area contributed by atoms with Crippen LogP contribution in [0.15, 0.2) is 65.6 Å². The molecule has 0 saturated carbocycles. The van der Waals surface area contributed by atoms with E-state index in [9.17, 15) is 4.79 Å². The van der Waals surface area contributed by atoms with Crippen LogP contribution < -0.4 is 16.0 Å². The van der Waals surface area contributed by atoms with Crippen LogP contribution in [0.3, 0.4) is 0 Å². The average molecular weight is 427 g/mol. The molecule has 0 fully saturated rings. The lowest BCUT2D eigenvalue weighted by Crippen LogP contribution is -2.15. The molecule has 1 aliphatic rings. The van der Waals surface area contributed by atoms with Crippen LogP contribution in [0.4, 0.5) is 28.8 Å². The lowest BCUT2D eigenvalue weighted by atomic mass is 9.96. The summed E-state index contributed by atoms with van der Waals surface area (Å²) in [7, 11) is 0. The third kappa shape index (κ3) is 4.41. The Morgan fingerprint density at radius 1 is 0.844 bits per heavy atom. The fourth-order valence-electron chi connectivity index (χ4n) is 3.60. The van der Waals surface area contributed by atoms with E-state index in [1.54, 1.807) is 12.3 Å². The molecule has 0 saturated heterocycles. The molecule has 3 N–H and O–H groups in total. The van der Waals surface area contributed by atoms with Gasteiger partial charge in [0.25, 0.3) is 5.91 Å². The number of rotatable bonds is 6. The van der Waals surface area contributed by atoms with Gasteiger partial charge in [0.1, 0.15) is 29.5 Å². The highest BCUT2D eigenvalue weighted by molar-refractivity contribution is 6.04. The molecular formula is C23H21N7O2. The van der Waals surface area contributed by atoms with E-state index < -0.39 is 0 Å². The van der Waals surface area contributed by atoms with Crippen molar-refractivity contribution in [2.75, 3.05) is 16.0 Å². The first-order valence-corrected chi connectivity index (χ1v) is 10.4. The zero-order valence-corrected chi connectivity index (χ0v) is 17.2. The first-order valence-electron chi connectivity index (χ1n) is 10.4. The van der Waals surface area contributed by atoms with Crippen molar-refractivity contribution < 1.29 is 9.32 Å². The van der Waals surface area contributed by atoms with E-state index in [4.69, 9.17) is 4.52 Å². The summed E-state index contributed by atoms with van der Waals surface area (Å²) in [5, 5.41) is 13.2. The number of fused-ring (bicyclic) bond motifs is 1. The first-order chi connectivity index (χ1) is 15.7. The number of amides is 1. The van der Waals surface area contributed by atoms with Crippen molar-refractivity contribution >= 4 is 34.7 Å². The van der Waals surface area contributed by atoms with Gasteiger partial charge in [-0.15, -0.1) is 0 Å². The van der Waals surface area contributed by atoms with E-state index in [1.807, 2.05) is 42.5 Å². The zero-order valence-electron chi connectivity index (χ0n) is 17.2. The number of aromatic nitrogens is 4. The van der Waals surface area contributed by atoms with Gasteiger partial charge in [0.15, 0.2) is 5.69 Å². The van der Waals surface area contributed by atoms with Crippen molar-refractivity contribution in [1.29, 1.82) is 0 Å². The van der Waals surface area contributed by atoms with Gasteiger partial charge in [0, 0.05) is 35.6 Å². The normalized spacial score (nSPS) is 12.6. The molecule has 3 aromatic heterocycles. The Morgan fingerprint density at radius 2 is 1.62 bits per heavy atom. The van der Waals surface area contributed by atoms with Crippen LogP contribution in [-0.4, -0.2) is 26.0 Å². The number of hydrogen-bond donors (Lipinski definition) is 3. The molecule has 160 valence electrons. The highest BCUT2D eigenvalue weighted by atomic mass is 16.5. The van der Waals surface area contributed by atoms with Gasteiger partial charge < -0.3 is 20.5 Å². The minimum atomic E-state index is -0.251. The summed E-state index contributed by atoms with van der Waals surface area (Å²) in [6, 6.07) is 14.8. The number of nitrogens with one attached hydrogen (secondary N) is 3. The second-order valence-electron chi connectivity index (χ2n) is 7.42. The molecule has 0 radical (unpaired) electrons. The second-order valence-corrected chi connectivity index (χ2v) is 7.42. The number of nitrogens with zero attached hydrogens (tertiary/aromatic N) is 4. The molecule has 9 heteroatoms. The van der Waals surface area contributed by atoms with Gasteiger partial charge in [-0.3, -0.25) is 4.79 Å². The third-order valence-electron chi connectivity index (χ3n) is 5.17. The fraction of sp³-hybridized carbons (Fsp3) is 0.174. The Labute approximate surface area is 184 Å². The van der Waals surface area contributed by atoms with Crippen molar-refractivity contribution in [2.45, 2.75) is 25.7 Å². The molecular weight excluding hydrogens is 406 g/mol. The maximum absolute atomic E-state index is 12.6. The minimum absolute atomic E-state index is 0.251. The van der Waals surface area contributed by atoms with Crippen molar-refractivity contribution in [3.05, 3.63) is 78.1 Å². The van der Waals surface area contributed by atoms with Crippen LogP contribution in [0.1, 0.15) is 34.7 Å². The van der Waals surface area contributed by atoms with Gasteiger partial charge in [0.2, 0.25) is 0 Å². The Kier molecular flexibility index (Phi) is 5.44. The monoisotopic (exact) mass is 427 g/mol. The molecule has 0 atom stereocenters. The Bertz CT molecular complexity index is 1220. The Morgan fingerprint density at radius 3 is 2.44 bits per heavy atom. The standard InChI is InChI=1S/C23H21N7O2/c31-23(22-17-5-1-2-6-18(17)32-30-22)28-16-10-8-15(9-11-16)27-20-13-21(26-14-25-20)29-19-7-3-4-12-24-19/h3-4,7-14H,1-2,5-6H2,(H,28,31)(H2,24,25,26,27,29). The molecule has 4 aromatic rings. The van der Waals surface area contributed by atoms with Gasteiger partial charge in [-0.1, -0.05) is 11.2 Å². The summed E-state index contributed by atoms with van der Waals surface area (Å²) in [5.41, 5.74) is 2.82. The van der Waals surface area contributed by atoms with E-state index in [-0.39, 0.29) is 5.91 Å². The smallest absolute Gasteiger partial charge is 0.278 e. The molecule has 3 heterocycles. The van der Waals surface area contributed by atoms with Crippen LogP contribution in [0.5, 0.6) is 0 Å². The van der Waals surface area contributed by atoms with Crippen LogP contribution in [0.25, 0.3) is 0 Å². The van der Waals surface area contributed by atoms with Crippen LogP contribution >= 0.6 is 0 Å². The summed E-state index contributed by atoms with van der Waals surface area (Å²) in [5.74, 6) is 2.54. The molecule has 1 aromatic carbocycles. The predicted octanol–water partition coefficient (Wildman–Crippen LogP) is 4.48. The maximum Gasteiger partial charge on any atom is 0.278 e. The topological polar surface area (TPSA) is 118 Å². The van der Waals surface area contributed by atoms with Gasteiger partial charge in [0.05, 0.1) is 0 Å². The van der Waals surface area contributed by atoms with Crippen molar-refractivity contribution in [1.82, 2.24) is 20.1 Å². The predicted molar refractivity (Wildman–Crippen MR) is 120 cm³/mol. The van der Waals surface area contributed by atoms with E-state index >= 15 is 0 Å². The second kappa shape index (κ2) is 8.84. The molecule has 1 amide bonds. The van der Waals surface area contributed by atoms with Crippen LogP contribution in [0, 0.1) is 0 Å². The van der Waals surface area contributed by atoms with Crippen molar-refractivity contribution in [3.8, 4) is 0 Å². The number of pyridine rings is 1. The molecule has 1 aliphatic carbocycles. The van der Waals surface area contributed by atoms with Gasteiger partial charge in [-0.2, -0.15) is 0 Å².